The van der Waals surface area contributed by atoms with Gasteiger partial charge in [-0.3, -0.25) is 0 Å². The number of phenolic OH excluding ortho intramolecular Hbond substituents is 1. The van der Waals surface area contributed by atoms with Crippen LogP contribution >= 0.6 is 0 Å². The van der Waals surface area contributed by atoms with Crippen molar-refractivity contribution < 1.29 is 10.2 Å². The first kappa shape index (κ1) is 20.0. The predicted octanol–water partition coefficient (Wildman–Crippen LogP) is 6.36. The quantitative estimate of drug-likeness (QED) is 0.444. The zero-order chi connectivity index (χ0) is 19.9. The molecule has 3 aliphatic carbocycles. The minimum atomic E-state index is -0.172. The summed E-state index contributed by atoms with van der Waals surface area (Å²) in [4.78, 5) is 0. The summed E-state index contributed by atoms with van der Waals surface area (Å²) in [5.41, 5.74) is 2.90. The smallest absolute Gasteiger partial charge is 0.115 e. The number of aromatic hydroxyl groups is 1. The highest BCUT2D eigenvalue weighted by molar-refractivity contribution is 5.43. The molecule has 2 nitrogen and oxygen atoms in total. The van der Waals surface area contributed by atoms with Crippen LogP contribution < -0.4 is 0 Å². The van der Waals surface area contributed by atoms with Crippen LogP contribution in [0.4, 0.5) is 0 Å². The minimum absolute atomic E-state index is 0.0224. The molecule has 3 aliphatic rings. The van der Waals surface area contributed by atoms with Crippen molar-refractivity contribution in [2.24, 2.45) is 22.7 Å². The van der Waals surface area contributed by atoms with Crippen LogP contribution in [-0.2, 0) is 6.42 Å². The number of allylic oxidation sites excluding steroid dienone is 1. The third-order valence-electron chi connectivity index (χ3n) is 8.78. The Balaban J connectivity index is 1.76. The zero-order valence-electron chi connectivity index (χ0n) is 17.8. The fourth-order valence-electron chi connectivity index (χ4n) is 7.53. The van der Waals surface area contributed by atoms with Crippen LogP contribution in [0.2, 0.25) is 0 Å². The van der Waals surface area contributed by atoms with E-state index in [-0.39, 0.29) is 16.9 Å². The first-order valence-electron chi connectivity index (χ1n) is 11.6. The van der Waals surface area contributed by atoms with Crippen molar-refractivity contribution in [2.75, 3.05) is 0 Å². The van der Waals surface area contributed by atoms with E-state index in [2.05, 4.69) is 32.6 Å². The molecule has 2 saturated carbocycles. The normalized spacial score (nSPS) is 39.1. The number of unbranched alkanes of at least 4 members (excludes halogenated alkanes) is 3. The SMILES string of the molecule is C=C[C@@]12CCc3cc(O)ccc3C1C(CCCCCC)C[C@]1(C)C(O)CCC12. The number of aliphatic hydroxyl groups is 1. The molecule has 0 spiro atoms. The fourth-order valence-corrected chi connectivity index (χ4v) is 7.53. The van der Waals surface area contributed by atoms with Crippen LogP contribution in [-0.4, -0.2) is 16.3 Å². The van der Waals surface area contributed by atoms with Gasteiger partial charge < -0.3 is 10.2 Å². The van der Waals surface area contributed by atoms with Gasteiger partial charge in [0.05, 0.1) is 6.10 Å². The second-order valence-electron chi connectivity index (χ2n) is 10.1. The lowest BCUT2D eigenvalue weighted by Gasteiger charge is -2.60. The van der Waals surface area contributed by atoms with Crippen LogP contribution in [0.5, 0.6) is 5.75 Å². The molecule has 1 aromatic carbocycles. The Bertz CT molecular complexity index is 725. The van der Waals surface area contributed by atoms with Crippen LogP contribution in [0.15, 0.2) is 30.9 Å². The predicted molar refractivity (Wildman–Crippen MR) is 116 cm³/mol. The molecule has 0 aromatic heterocycles. The maximum absolute atomic E-state index is 11.0. The highest BCUT2D eigenvalue weighted by atomic mass is 16.3. The molecule has 6 atom stereocenters. The molecule has 1 aromatic rings. The van der Waals surface area contributed by atoms with Gasteiger partial charge in [-0.15, -0.1) is 6.58 Å². The molecule has 0 saturated heterocycles. The van der Waals surface area contributed by atoms with Gasteiger partial charge in [-0.05, 0) is 90.4 Å². The average molecular weight is 383 g/mol. The van der Waals surface area contributed by atoms with E-state index in [4.69, 9.17) is 0 Å². The molecule has 4 unspecified atom stereocenters. The topological polar surface area (TPSA) is 40.5 Å². The van der Waals surface area contributed by atoms with Crippen molar-refractivity contribution in [2.45, 2.75) is 90.1 Å². The number of aliphatic hydroxyl groups excluding tert-OH is 1. The number of rotatable bonds is 6. The summed E-state index contributed by atoms with van der Waals surface area (Å²) in [6.45, 7) is 9.01. The van der Waals surface area contributed by atoms with Crippen LogP contribution in [0, 0.1) is 22.7 Å². The van der Waals surface area contributed by atoms with Crippen LogP contribution in [0.25, 0.3) is 0 Å². The third-order valence-corrected chi connectivity index (χ3v) is 8.78. The fraction of sp³-hybridized carbons (Fsp3) is 0.692. The maximum atomic E-state index is 11.0. The zero-order valence-corrected chi connectivity index (χ0v) is 17.8. The molecule has 4 rings (SSSR count). The highest BCUT2D eigenvalue weighted by Crippen LogP contribution is 2.69. The van der Waals surface area contributed by atoms with Crippen molar-refractivity contribution in [1.29, 1.82) is 0 Å². The number of hydrogen-bond acceptors (Lipinski definition) is 2. The Morgan fingerprint density at radius 2 is 2.04 bits per heavy atom. The van der Waals surface area contributed by atoms with Gasteiger partial charge >= 0.3 is 0 Å². The Morgan fingerprint density at radius 1 is 1.21 bits per heavy atom. The van der Waals surface area contributed by atoms with E-state index in [1.54, 1.807) is 0 Å². The molecule has 0 aliphatic heterocycles. The second-order valence-corrected chi connectivity index (χ2v) is 10.1. The van der Waals surface area contributed by atoms with Crippen molar-refractivity contribution >= 4 is 0 Å². The third kappa shape index (κ3) is 2.95. The molecule has 2 heteroatoms. The molecule has 154 valence electrons. The highest BCUT2D eigenvalue weighted by Gasteiger charge is 2.63. The Kier molecular flexibility index (Phi) is 5.37. The van der Waals surface area contributed by atoms with Crippen molar-refractivity contribution in [3.63, 3.8) is 0 Å². The first-order valence-corrected chi connectivity index (χ1v) is 11.6. The summed E-state index contributed by atoms with van der Waals surface area (Å²) < 4.78 is 0. The average Bonchev–Trinajstić information content (AvgIpc) is 2.99. The summed E-state index contributed by atoms with van der Waals surface area (Å²) in [5, 5.41) is 21.0. The molecular formula is C26H38O2. The molecule has 0 bridgehead atoms. The van der Waals surface area contributed by atoms with Gasteiger partial charge in [-0.25, -0.2) is 0 Å². The van der Waals surface area contributed by atoms with E-state index in [1.807, 2.05) is 12.1 Å². The molecule has 0 heterocycles. The standard InChI is InChI=1S/C26H38O2/c1-4-6-7-8-9-19-17-25(3)22(12-13-23(25)28)26(5-2)15-14-18-16-20(27)10-11-21(18)24(19)26/h5,10-11,16,19,22-24,27-28H,2,4,6-9,12-15,17H2,1,3H3/t19?,22?,23?,24?,25-,26-/m0/s1. The number of aryl methyl sites for hydroxylation is 1. The molecule has 2 fully saturated rings. The van der Waals surface area contributed by atoms with Gasteiger partial charge in [0.2, 0.25) is 0 Å². The van der Waals surface area contributed by atoms with Gasteiger partial charge in [-0.1, -0.05) is 51.7 Å². The summed E-state index contributed by atoms with van der Waals surface area (Å²) in [6, 6.07) is 6.07. The second kappa shape index (κ2) is 7.52. The Labute approximate surface area is 171 Å². The van der Waals surface area contributed by atoms with Crippen LogP contribution in [0.1, 0.15) is 88.7 Å². The molecule has 0 amide bonds. The largest absolute Gasteiger partial charge is 0.508 e. The maximum Gasteiger partial charge on any atom is 0.115 e. The van der Waals surface area contributed by atoms with Gasteiger partial charge in [0.1, 0.15) is 5.75 Å². The van der Waals surface area contributed by atoms with Crippen LogP contribution in [0.3, 0.4) is 0 Å². The van der Waals surface area contributed by atoms with E-state index in [9.17, 15) is 10.2 Å². The summed E-state index contributed by atoms with van der Waals surface area (Å²) in [6.07, 6.45) is 13.8. The van der Waals surface area contributed by atoms with E-state index in [0.717, 1.165) is 32.1 Å². The summed E-state index contributed by atoms with van der Waals surface area (Å²) in [7, 11) is 0. The van der Waals surface area contributed by atoms with Gasteiger partial charge in [0, 0.05) is 0 Å². The molecule has 2 N–H and O–H groups in total. The molecular weight excluding hydrogens is 344 g/mol. The van der Waals surface area contributed by atoms with Gasteiger partial charge in [0.15, 0.2) is 0 Å². The molecule has 28 heavy (non-hydrogen) atoms. The van der Waals surface area contributed by atoms with Gasteiger partial charge in [0.25, 0.3) is 0 Å². The van der Waals surface area contributed by atoms with E-state index < -0.39 is 0 Å². The summed E-state index contributed by atoms with van der Waals surface area (Å²) >= 11 is 0. The lowest BCUT2D eigenvalue weighted by Crippen LogP contribution is -2.54. The van der Waals surface area contributed by atoms with E-state index in [1.165, 1.54) is 43.2 Å². The van der Waals surface area contributed by atoms with Crippen molar-refractivity contribution in [3.05, 3.63) is 42.0 Å². The first-order chi connectivity index (χ1) is 13.5. The monoisotopic (exact) mass is 382 g/mol. The Morgan fingerprint density at radius 3 is 2.79 bits per heavy atom. The number of hydrogen-bond donors (Lipinski definition) is 2. The van der Waals surface area contributed by atoms with E-state index in [0.29, 0.717) is 23.5 Å². The van der Waals surface area contributed by atoms with Crippen molar-refractivity contribution in [1.82, 2.24) is 0 Å². The number of phenols is 1. The van der Waals surface area contributed by atoms with Gasteiger partial charge in [-0.2, -0.15) is 0 Å². The molecule has 0 radical (unpaired) electrons. The number of benzene rings is 1. The van der Waals surface area contributed by atoms with Crippen molar-refractivity contribution in [3.8, 4) is 5.75 Å². The lowest BCUT2D eigenvalue weighted by molar-refractivity contribution is -0.0812. The minimum Gasteiger partial charge on any atom is -0.508 e. The number of fused-ring (bicyclic) bond motifs is 5. The van der Waals surface area contributed by atoms with E-state index >= 15 is 0 Å². The Hall–Kier alpha value is -1.28. The summed E-state index contributed by atoms with van der Waals surface area (Å²) in [5.74, 6) is 1.99. The lowest BCUT2D eigenvalue weighted by atomic mass is 9.44.